The van der Waals surface area contributed by atoms with Crippen molar-refractivity contribution in [2.75, 3.05) is 44.7 Å². The van der Waals surface area contributed by atoms with E-state index in [0.717, 1.165) is 45.6 Å². The SMILES string of the molecule is CNCCCC(=O)N1CCCN(c2ccccc2)CC1. The van der Waals surface area contributed by atoms with Crippen LogP contribution in [0.3, 0.4) is 0 Å². The van der Waals surface area contributed by atoms with Crippen LogP contribution in [0.5, 0.6) is 0 Å². The van der Waals surface area contributed by atoms with E-state index in [-0.39, 0.29) is 0 Å². The highest BCUT2D eigenvalue weighted by atomic mass is 16.2. The molecule has 2 rings (SSSR count). The molecule has 0 bridgehead atoms. The van der Waals surface area contributed by atoms with Crippen molar-refractivity contribution in [2.45, 2.75) is 19.3 Å². The van der Waals surface area contributed by atoms with Crippen LogP contribution in [0, 0.1) is 0 Å². The summed E-state index contributed by atoms with van der Waals surface area (Å²) in [7, 11) is 1.92. The van der Waals surface area contributed by atoms with Crippen molar-refractivity contribution in [1.82, 2.24) is 10.2 Å². The number of rotatable bonds is 5. The highest BCUT2D eigenvalue weighted by molar-refractivity contribution is 5.76. The fourth-order valence-corrected chi connectivity index (χ4v) is 2.64. The molecule has 1 aliphatic heterocycles. The monoisotopic (exact) mass is 275 g/mol. The van der Waals surface area contributed by atoms with Gasteiger partial charge in [0.15, 0.2) is 0 Å². The lowest BCUT2D eigenvalue weighted by Crippen LogP contribution is -2.35. The van der Waals surface area contributed by atoms with Gasteiger partial charge < -0.3 is 15.1 Å². The van der Waals surface area contributed by atoms with Crippen LogP contribution in [-0.2, 0) is 4.79 Å². The summed E-state index contributed by atoms with van der Waals surface area (Å²) < 4.78 is 0. The first kappa shape index (κ1) is 14.9. The molecule has 4 heteroatoms. The zero-order valence-corrected chi connectivity index (χ0v) is 12.3. The molecule has 1 saturated heterocycles. The minimum Gasteiger partial charge on any atom is -0.370 e. The third-order valence-corrected chi connectivity index (χ3v) is 3.79. The number of carbonyl (C=O) groups is 1. The van der Waals surface area contributed by atoms with E-state index in [4.69, 9.17) is 0 Å². The first-order valence-electron chi connectivity index (χ1n) is 7.53. The topological polar surface area (TPSA) is 35.6 Å². The Hall–Kier alpha value is -1.55. The fourth-order valence-electron chi connectivity index (χ4n) is 2.64. The van der Waals surface area contributed by atoms with Crippen molar-refractivity contribution in [3.05, 3.63) is 30.3 Å². The molecule has 1 aliphatic rings. The van der Waals surface area contributed by atoms with Crippen LogP contribution in [0.25, 0.3) is 0 Å². The van der Waals surface area contributed by atoms with Crippen molar-refractivity contribution in [3.8, 4) is 0 Å². The van der Waals surface area contributed by atoms with Gasteiger partial charge in [-0.05, 0) is 38.6 Å². The van der Waals surface area contributed by atoms with E-state index in [0.29, 0.717) is 12.3 Å². The number of nitrogens with one attached hydrogen (secondary N) is 1. The van der Waals surface area contributed by atoms with Crippen LogP contribution >= 0.6 is 0 Å². The van der Waals surface area contributed by atoms with Gasteiger partial charge in [0, 0.05) is 38.3 Å². The van der Waals surface area contributed by atoms with Gasteiger partial charge in [0.1, 0.15) is 0 Å². The standard InChI is InChI=1S/C16H25N3O/c1-17-10-5-9-16(20)19-12-6-11-18(13-14-19)15-7-3-2-4-8-15/h2-4,7-8,17H,5-6,9-14H2,1H3. The molecule has 1 heterocycles. The Morgan fingerprint density at radius 2 is 1.95 bits per heavy atom. The summed E-state index contributed by atoms with van der Waals surface area (Å²) in [6, 6.07) is 10.5. The smallest absolute Gasteiger partial charge is 0.222 e. The van der Waals surface area contributed by atoms with Crippen molar-refractivity contribution in [2.24, 2.45) is 0 Å². The molecule has 0 saturated carbocycles. The summed E-state index contributed by atoms with van der Waals surface area (Å²) >= 11 is 0. The molecule has 0 aliphatic carbocycles. The molecule has 0 atom stereocenters. The number of nitrogens with zero attached hydrogens (tertiary/aromatic N) is 2. The van der Waals surface area contributed by atoms with Gasteiger partial charge in [-0.25, -0.2) is 0 Å². The molecule has 1 aromatic carbocycles. The second kappa shape index (κ2) is 7.90. The molecule has 1 aromatic rings. The lowest BCUT2D eigenvalue weighted by Gasteiger charge is -2.23. The number of amides is 1. The summed E-state index contributed by atoms with van der Waals surface area (Å²) in [5.41, 5.74) is 1.26. The fraction of sp³-hybridized carbons (Fsp3) is 0.562. The van der Waals surface area contributed by atoms with E-state index in [1.54, 1.807) is 0 Å². The molecular formula is C16H25N3O. The number of hydrogen-bond acceptors (Lipinski definition) is 3. The second-order valence-corrected chi connectivity index (χ2v) is 5.26. The van der Waals surface area contributed by atoms with Gasteiger partial charge in [0.25, 0.3) is 0 Å². The first-order valence-corrected chi connectivity index (χ1v) is 7.53. The van der Waals surface area contributed by atoms with Crippen LogP contribution in [0.2, 0.25) is 0 Å². The lowest BCUT2D eigenvalue weighted by atomic mass is 10.2. The van der Waals surface area contributed by atoms with Gasteiger partial charge in [-0.3, -0.25) is 4.79 Å². The Labute approximate surface area is 121 Å². The van der Waals surface area contributed by atoms with Crippen LogP contribution in [0.4, 0.5) is 5.69 Å². The number of carbonyl (C=O) groups excluding carboxylic acids is 1. The van der Waals surface area contributed by atoms with Crippen LogP contribution in [0.15, 0.2) is 30.3 Å². The first-order chi connectivity index (χ1) is 9.81. The normalized spacial score (nSPS) is 16.1. The van der Waals surface area contributed by atoms with Gasteiger partial charge in [0.05, 0.1) is 0 Å². The van der Waals surface area contributed by atoms with Crippen molar-refractivity contribution in [3.63, 3.8) is 0 Å². The zero-order valence-electron chi connectivity index (χ0n) is 12.3. The largest absolute Gasteiger partial charge is 0.370 e. The molecule has 4 nitrogen and oxygen atoms in total. The number of para-hydroxylation sites is 1. The summed E-state index contributed by atoms with van der Waals surface area (Å²) in [4.78, 5) is 16.6. The minimum atomic E-state index is 0.301. The molecule has 1 amide bonds. The van der Waals surface area contributed by atoms with Crippen LogP contribution < -0.4 is 10.2 Å². The molecule has 0 unspecified atom stereocenters. The lowest BCUT2D eigenvalue weighted by molar-refractivity contribution is -0.131. The predicted octanol–water partition coefficient (Wildman–Crippen LogP) is 1.72. The van der Waals surface area contributed by atoms with Crippen molar-refractivity contribution < 1.29 is 4.79 Å². The van der Waals surface area contributed by atoms with Gasteiger partial charge in [0.2, 0.25) is 5.91 Å². The van der Waals surface area contributed by atoms with E-state index in [9.17, 15) is 4.79 Å². The Kier molecular flexibility index (Phi) is 5.87. The Morgan fingerprint density at radius 1 is 1.15 bits per heavy atom. The quantitative estimate of drug-likeness (QED) is 0.831. The molecule has 1 fully saturated rings. The molecule has 0 spiro atoms. The molecule has 0 radical (unpaired) electrons. The highest BCUT2D eigenvalue weighted by Gasteiger charge is 2.18. The maximum atomic E-state index is 12.1. The van der Waals surface area contributed by atoms with E-state index in [1.165, 1.54) is 5.69 Å². The maximum absolute atomic E-state index is 12.1. The second-order valence-electron chi connectivity index (χ2n) is 5.26. The summed E-state index contributed by atoms with van der Waals surface area (Å²) in [6.45, 7) is 4.61. The van der Waals surface area contributed by atoms with Crippen LogP contribution in [-0.4, -0.2) is 50.6 Å². The Morgan fingerprint density at radius 3 is 2.70 bits per heavy atom. The van der Waals surface area contributed by atoms with Crippen LogP contribution in [0.1, 0.15) is 19.3 Å². The zero-order chi connectivity index (χ0) is 14.2. The van der Waals surface area contributed by atoms with Crippen molar-refractivity contribution in [1.29, 1.82) is 0 Å². The summed E-state index contributed by atoms with van der Waals surface area (Å²) in [6.07, 6.45) is 2.63. The molecule has 0 aromatic heterocycles. The van der Waals surface area contributed by atoms with Gasteiger partial charge in [-0.15, -0.1) is 0 Å². The summed E-state index contributed by atoms with van der Waals surface area (Å²) in [5, 5.41) is 3.09. The van der Waals surface area contributed by atoms with Gasteiger partial charge in [-0.1, -0.05) is 18.2 Å². The molecular weight excluding hydrogens is 250 g/mol. The summed E-state index contributed by atoms with van der Waals surface area (Å²) in [5.74, 6) is 0.301. The molecule has 1 N–H and O–H groups in total. The number of benzene rings is 1. The third kappa shape index (κ3) is 4.23. The third-order valence-electron chi connectivity index (χ3n) is 3.79. The maximum Gasteiger partial charge on any atom is 0.222 e. The Bertz CT molecular complexity index is 407. The van der Waals surface area contributed by atoms with Gasteiger partial charge >= 0.3 is 0 Å². The number of hydrogen-bond donors (Lipinski definition) is 1. The van der Waals surface area contributed by atoms with E-state index in [1.807, 2.05) is 18.0 Å². The van der Waals surface area contributed by atoms with E-state index < -0.39 is 0 Å². The van der Waals surface area contributed by atoms with Crippen molar-refractivity contribution >= 4 is 11.6 Å². The molecule has 20 heavy (non-hydrogen) atoms. The Balaban J connectivity index is 1.84. The van der Waals surface area contributed by atoms with E-state index in [2.05, 4.69) is 34.5 Å². The van der Waals surface area contributed by atoms with Gasteiger partial charge in [-0.2, -0.15) is 0 Å². The average molecular weight is 275 g/mol. The van der Waals surface area contributed by atoms with E-state index >= 15 is 0 Å². The predicted molar refractivity (Wildman–Crippen MR) is 83.0 cm³/mol. The minimum absolute atomic E-state index is 0.301. The number of anilines is 1. The molecule has 110 valence electrons. The highest BCUT2D eigenvalue weighted by Crippen LogP contribution is 2.16. The average Bonchev–Trinajstić information content (AvgIpc) is 2.74.